The lowest BCUT2D eigenvalue weighted by atomic mass is 10.0. The number of anilines is 1. The fraction of sp³-hybridized carbons (Fsp3) is 0.278. The van der Waals surface area contributed by atoms with E-state index in [9.17, 15) is 14.9 Å². The summed E-state index contributed by atoms with van der Waals surface area (Å²) in [4.78, 5) is 23.1. The maximum Gasteiger partial charge on any atom is 0.287 e. The number of rotatable bonds is 7. The zero-order chi connectivity index (χ0) is 18.4. The predicted molar refractivity (Wildman–Crippen MR) is 100 cm³/mol. The molecule has 0 aliphatic heterocycles. The normalized spacial score (nSPS) is 12.0. The Bertz CT molecular complexity index is 750. The van der Waals surface area contributed by atoms with E-state index in [0.717, 1.165) is 12.1 Å². The van der Waals surface area contributed by atoms with Crippen molar-refractivity contribution >= 4 is 33.2 Å². The average molecular weight is 407 g/mol. The van der Waals surface area contributed by atoms with Gasteiger partial charge < -0.3 is 10.6 Å². The molecule has 6 nitrogen and oxygen atoms in total. The van der Waals surface area contributed by atoms with Crippen molar-refractivity contribution in [3.8, 4) is 0 Å². The van der Waals surface area contributed by atoms with E-state index in [1.54, 1.807) is 0 Å². The molecule has 132 valence electrons. The molecule has 0 bridgehead atoms. The van der Waals surface area contributed by atoms with Crippen LogP contribution in [-0.2, 0) is 4.79 Å². The maximum atomic E-state index is 12.8. The number of halogens is 1. The second-order valence-electron chi connectivity index (χ2n) is 6.16. The van der Waals surface area contributed by atoms with Gasteiger partial charge in [0.1, 0.15) is 0 Å². The van der Waals surface area contributed by atoms with Crippen LogP contribution in [0, 0.1) is 16.0 Å². The first-order chi connectivity index (χ1) is 11.9. The van der Waals surface area contributed by atoms with Gasteiger partial charge in [-0.05, 0) is 22.0 Å². The highest BCUT2D eigenvalue weighted by atomic mass is 79.9. The number of benzene rings is 2. The quantitative estimate of drug-likeness (QED) is 0.546. The maximum absolute atomic E-state index is 12.8. The first-order valence-electron chi connectivity index (χ1n) is 8.01. The van der Waals surface area contributed by atoms with E-state index >= 15 is 0 Å². The van der Waals surface area contributed by atoms with Crippen molar-refractivity contribution in [2.45, 2.75) is 19.9 Å². The summed E-state index contributed by atoms with van der Waals surface area (Å²) in [5, 5.41) is 15.7. The second kappa shape index (κ2) is 8.73. The van der Waals surface area contributed by atoms with Crippen molar-refractivity contribution in [2.75, 3.05) is 11.9 Å². The van der Waals surface area contributed by atoms with Crippen LogP contribution in [0.1, 0.15) is 25.5 Å². The van der Waals surface area contributed by atoms with E-state index in [2.05, 4.69) is 35.1 Å². The fourth-order valence-electron chi connectivity index (χ4n) is 2.39. The standard InChI is InChI=1S/C18H20BrN3O3/c1-12(2)11-20-17(13-6-4-3-5-7-13)18(23)21-16-9-8-14(22(24)25)10-15(16)19/h3-10,12,17,20H,11H2,1-2H3,(H,21,23)/p+1/t17-/m0/s1. The molecule has 7 heteroatoms. The summed E-state index contributed by atoms with van der Waals surface area (Å²) in [5.74, 6) is 0.284. The number of hydrogen-bond donors (Lipinski definition) is 2. The van der Waals surface area contributed by atoms with Crippen molar-refractivity contribution in [1.82, 2.24) is 0 Å². The Morgan fingerprint density at radius 1 is 1.24 bits per heavy atom. The minimum atomic E-state index is -0.473. The molecule has 0 unspecified atom stereocenters. The number of carbonyl (C=O) groups is 1. The molecule has 0 radical (unpaired) electrons. The largest absolute Gasteiger partial charge is 0.332 e. The Hall–Kier alpha value is -2.25. The third kappa shape index (κ3) is 5.37. The molecule has 0 fully saturated rings. The van der Waals surface area contributed by atoms with E-state index < -0.39 is 4.92 Å². The number of nitro benzene ring substituents is 1. The average Bonchev–Trinajstić information content (AvgIpc) is 2.57. The van der Waals surface area contributed by atoms with Gasteiger partial charge in [0.25, 0.3) is 11.6 Å². The monoisotopic (exact) mass is 406 g/mol. The predicted octanol–water partition coefficient (Wildman–Crippen LogP) is 3.26. The molecule has 2 aromatic rings. The number of non-ortho nitro benzene ring substituents is 1. The molecule has 1 atom stereocenters. The number of nitrogens with one attached hydrogen (secondary N) is 1. The Kier molecular flexibility index (Phi) is 6.66. The zero-order valence-corrected chi connectivity index (χ0v) is 15.7. The van der Waals surface area contributed by atoms with Gasteiger partial charge in [0.15, 0.2) is 6.04 Å². The Balaban J connectivity index is 2.20. The topological polar surface area (TPSA) is 88.8 Å². The molecule has 25 heavy (non-hydrogen) atoms. The van der Waals surface area contributed by atoms with E-state index in [1.807, 2.05) is 35.6 Å². The van der Waals surface area contributed by atoms with E-state index in [0.29, 0.717) is 16.1 Å². The molecule has 0 saturated heterocycles. The SMILES string of the molecule is CC(C)C[NH2+][C@H](C(=O)Nc1ccc([N+](=O)[O-])cc1Br)c1ccccc1. The highest BCUT2D eigenvalue weighted by Gasteiger charge is 2.25. The van der Waals surface area contributed by atoms with Gasteiger partial charge in [-0.3, -0.25) is 14.9 Å². The summed E-state index contributed by atoms with van der Waals surface area (Å²) in [6.45, 7) is 5.02. The van der Waals surface area contributed by atoms with E-state index in [-0.39, 0.29) is 17.6 Å². The second-order valence-corrected chi connectivity index (χ2v) is 7.02. The molecule has 0 heterocycles. The highest BCUT2D eigenvalue weighted by molar-refractivity contribution is 9.10. The third-order valence-corrected chi connectivity index (χ3v) is 4.36. The van der Waals surface area contributed by atoms with Crippen molar-refractivity contribution < 1.29 is 15.0 Å². The third-order valence-electron chi connectivity index (χ3n) is 3.71. The van der Waals surface area contributed by atoms with Gasteiger partial charge in [-0.25, -0.2) is 0 Å². The molecule has 0 aliphatic rings. The van der Waals surface area contributed by atoms with Gasteiger partial charge in [0.05, 0.1) is 17.2 Å². The molecule has 2 aromatic carbocycles. The van der Waals surface area contributed by atoms with E-state index in [1.165, 1.54) is 18.2 Å². The van der Waals surface area contributed by atoms with Crippen LogP contribution in [0.5, 0.6) is 0 Å². The van der Waals surface area contributed by atoms with Gasteiger partial charge in [-0.15, -0.1) is 0 Å². The van der Waals surface area contributed by atoms with Crippen LogP contribution in [0.3, 0.4) is 0 Å². The summed E-state index contributed by atoms with van der Waals surface area (Å²) < 4.78 is 0.478. The van der Waals surface area contributed by atoms with Crippen LogP contribution in [0.25, 0.3) is 0 Å². The molecule has 0 saturated carbocycles. The molecule has 2 rings (SSSR count). The van der Waals surface area contributed by atoms with Crippen LogP contribution in [0.2, 0.25) is 0 Å². The Morgan fingerprint density at radius 2 is 1.92 bits per heavy atom. The molecular weight excluding hydrogens is 386 g/mol. The van der Waals surface area contributed by atoms with Gasteiger partial charge in [0, 0.05) is 28.1 Å². The van der Waals surface area contributed by atoms with Crippen LogP contribution in [0.4, 0.5) is 11.4 Å². The summed E-state index contributed by atoms with van der Waals surface area (Å²) in [6.07, 6.45) is 0. The Labute approximate surface area is 154 Å². The van der Waals surface area contributed by atoms with Gasteiger partial charge in [-0.2, -0.15) is 0 Å². The molecule has 0 aliphatic carbocycles. The highest BCUT2D eigenvalue weighted by Crippen LogP contribution is 2.27. The minimum absolute atomic E-state index is 0.0316. The summed E-state index contributed by atoms with van der Waals surface area (Å²) in [6, 6.07) is 13.5. The molecule has 1 amide bonds. The van der Waals surface area contributed by atoms with Crippen molar-refractivity contribution in [3.05, 3.63) is 68.7 Å². The molecule has 0 spiro atoms. The number of hydrogen-bond acceptors (Lipinski definition) is 3. The molecule has 0 aromatic heterocycles. The van der Waals surface area contributed by atoms with Crippen molar-refractivity contribution in [1.29, 1.82) is 0 Å². The number of nitrogens with zero attached hydrogens (tertiary/aromatic N) is 1. The van der Waals surface area contributed by atoms with E-state index in [4.69, 9.17) is 0 Å². The van der Waals surface area contributed by atoms with Crippen molar-refractivity contribution in [2.24, 2.45) is 5.92 Å². The number of amides is 1. The van der Waals surface area contributed by atoms with Crippen LogP contribution >= 0.6 is 15.9 Å². The van der Waals surface area contributed by atoms with Crippen molar-refractivity contribution in [3.63, 3.8) is 0 Å². The lowest BCUT2D eigenvalue weighted by Crippen LogP contribution is -2.88. The number of nitro groups is 1. The number of nitrogens with two attached hydrogens (primary N) is 1. The minimum Gasteiger partial charge on any atom is -0.332 e. The smallest absolute Gasteiger partial charge is 0.287 e. The number of carbonyl (C=O) groups excluding carboxylic acids is 1. The summed E-state index contributed by atoms with van der Waals surface area (Å²) >= 11 is 3.28. The lowest BCUT2D eigenvalue weighted by molar-refractivity contribution is -0.686. The van der Waals surface area contributed by atoms with Gasteiger partial charge in [0.2, 0.25) is 0 Å². The van der Waals surface area contributed by atoms with Crippen LogP contribution in [-0.4, -0.2) is 17.4 Å². The van der Waals surface area contributed by atoms with Crippen LogP contribution < -0.4 is 10.6 Å². The van der Waals surface area contributed by atoms with Crippen LogP contribution in [0.15, 0.2) is 53.0 Å². The summed E-state index contributed by atoms with van der Waals surface area (Å²) in [7, 11) is 0. The molecular formula is C18H21BrN3O3+. The zero-order valence-electron chi connectivity index (χ0n) is 14.1. The summed E-state index contributed by atoms with van der Waals surface area (Å²) in [5.41, 5.74) is 1.39. The first-order valence-corrected chi connectivity index (χ1v) is 8.81. The fourth-order valence-corrected chi connectivity index (χ4v) is 2.86. The molecule has 3 N–H and O–H groups in total. The Morgan fingerprint density at radius 3 is 2.48 bits per heavy atom. The van der Waals surface area contributed by atoms with Gasteiger partial charge in [-0.1, -0.05) is 44.2 Å². The number of quaternary nitrogens is 1. The van der Waals surface area contributed by atoms with Gasteiger partial charge >= 0.3 is 0 Å². The first kappa shape index (κ1) is 19.1. The lowest BCUT2D eigenvalue weighted by Gasteiger charge is -2.17.